The van der Waals surface area contributed by atoms with Crippen LogP contribution in [0.15, 0.2) is 24.3 Å². The zero-order valence-electron chi connectivity index (χ0n) is 15.4. The number of fused-ring (bicyclic) bond motifs is 2. The molecule has 3 aromatic rings. The maximum absolute atomic E-state index is 12.9. The lowest BCUT2D eigenvalue weighted by Crippen LogP contribution is -2.41. The van der Waals surface area contributed by atoms with Crippen molar-refractivity contribution in [1.29, 1.82) is 0 Å². The maximum Gasteiger partial charge on any atom is 0.253 e. The predicted octanol–water partition coefficient (Wildman–Crippen LogP) is 2.75. The highest BCUT2D eigenvalue weighted by Crippen LogP contribution is 2.20. The van der Waals surface area contributed by atoms with Crippen LogP contribution < -0.4 is 5.32 Å². The minimum Gasteiger partial charge on any atom is -0.347 e. The van der Waals surface area contributed by atoms with Gasteiger partial charge in [0.2, 0.25) is 0 Å². The van der Waals surface area contributed by atoms with Crippen LogP contribution >= 0.6 is 0 Å². The first-order valence-electron chi connectivity index (χ1n) is 9.15. The van der Waals surface area contributed by atoms with Crippen LogP contribution in [0.1, 0.15) is 46.6 Å². The van der Waals surface area contributed by atoms with E-state index in [0.29, 0.717) is 5.56 Å². The number of hydrogen-bond acceptors (Lipinski definition) is 4. The van der Waals surface area contributed by atoms with Crippen LogP contribution in [-0.2, 0) is 19.4 Å². The Morgan fingerprint density at radius 1 is 1.27 bits per heavy atom. The maximum atomic E-state index is 12.9. The first kappa shape index (κ1) is 16.7. The average molecular weight is 349 g/mol. The molecule has 1 aliphatic heterocycles. The smallest absolute Gasteiger partial charge is 0.253 e. The second kappa shape index (κ2) is 6.52. The first-order chi connectivity index (χ1) is 12.5. The van der Waals surface area contributed by atoms with Crippen molar-refractivity contribution >= 4 is 16.8 Å². The molecule has 0 radical (unpaired) electrons. The molecule has 26 heavy (non-hydrogen) atoms. The van der Waals surface area contributed by atoms with Crippen LogP contribution in [0.3, 0.4) is 0 Å². The Bertz CT molecular complexity index is 978. The molecule has 0 saturated heterocycles. The van der Waals surface area contributed by atoms with Gasteiger partial charge in [-0.25, -0.2) is 0 Å². The second-order valence-electron chi connectivity index (χ2n) is 7.02. The quantitative estimate of drug-likeness (QED) is 0.789. The predicted molar refractivity (Wildman–Crippen MR) is 100 cm³/mol. The molecule has 0 fully saturated rings. The fraction of sp³-hybridized carbons (Fsp3) is 0.400. The zero-order chi connectivity index (χ0) is 18.3. The zero-order valence-corrected chi connectivity index (χ0v) is 15.4. The van der Waals surface area contributed by atoms with Crippen molar-refractivity contribution in [2.75, 3.05) is 0 Å². The van der Waals surface area contributed by atoms with Crippen molar-refractivity contribution in [1.82, 2.24) is 25.1 Å². The number of carbonyl (C=O) groups excluding carboxylic acids is 1. The van der Waals surface area contributed by atoms with Crippen molar-refractivity contribution in [2.24, 2.45) is 0 Å². The number of aryl methyl sites for hydroxylation is 4. The highest BCUT2D eigenvalue weighted by molar-refractivity contribution is 5.98. The van der Waals surface area contributed by atoms with Gasteiger partial charge in [-0.05, 0) is 38.5 Å². The van der Waals surface area contributed by atoms with Crippen molar-refractivity contribution in [3.05, 3.63) is 52.7 Å². The number of pyridine rings is 1. The number of carbonyl (C=O) groups is 1. The number of rotatable bonds is 3. The summed E-state index contributed by atoms with van der Waals surface area (Å²) < 4.78 is 2.14. The Hall–Kier alpha value is -2.76. The van der Waals surface area contributed by atoms with E-state index in [1.807, 2.05) is 32.0 Å². The lowest BCUT2D eigenvalue weighted by atomic mass is 10.0. The molecule has 0 spiro atoms. The lowest BCUT2D eigenvalue weighted by molar-refractivity contribution is 0.0926. The van der Waals surface area contributed by atoms with Gasteiger partial charge in [0.25, 0.3) is 5.91 Å². The van der Waals surface area contributed by atoms with Crippen LogP contribution in [0, 0.1) is 13.8 Å². The third kappa shape index (κ3) is 2.96. The van der Waals surface area contributed by atoms with E-state index in [0.717, 1.165) is 59.6 Å². The van der Waals surface area contributed by atoms with Gasteiger partial charge in [0.1, 0.15) is 11.6 Å². The van der Waals surface area contributed by atoms with Crippen LogP contribution in [0.5, 0.6) is 0 Å². The normalized spacial score (nSPS) is 16.5. The number of benzene rings is 1. The van der Waals surface area contributed by atoms with Gasteiger partial charge in [0.05, 0.1) is 16.8 Å². The van der Waals surface area contributed by atoms with Gasteiger partial charge in [-0.3, -0.25) is 9.78 Å². The molecule has 6 heteroatoms. The Morgan fingerprint density at radius 3 is 2.92 bits per heavy atom. The minimum atomic E-state index is -0.0574. The molecule has 0 bridgehead atoms. The Labute approximate surface area is 152 Å². The molecule has 6 nitrogen and oxygen atoms in total. The number of amides is 1. The second-order valence-corrected chi connectivity index (χ2v) is 7.02. The molecule has 1 aliphatic rings. The summed E-state index contributed by atoms with van der Waals surface area (Å²) >= 11 is 0. The molecule has 134 valence electrons. The third-order valence-electron chi connectivity index (χ3n) is 5.08. The van der Waals surface area contributed by atoms with Gasteiger partial charge in [-0.1, -0.05) is 18.6 Å². The highest BCUT2D eigenvalue weighted by Gasteiger charge is 2.24. The Kier molecular flexibility index (Phi) is 4.18. The summed E-state index contributed by atoms with van der Waals surface area (Å²) in [6.07, 6.45) is 2.57. The van der Waals surface area contributed by atoms with Crippen LogP contribution in [-0.4, -0.2) is 31.7 Å². The Morgan fingerprint density at radius 2 is 2.12 bits per heavy atom. The molecule has 0 aliphatic carbocycles. The third-order valence-corrected chi connectivity index (χ3v) is 5.08. The minimum absolute atomic E-state index is 0.0574. The van der Waals surface area contributed by atoms with Gasteiger partial charge >= 0.3 is 0 Å². The summed E-state index contributed by atoms with van der Waals surface area (Å²) in [6.45, 7) is 6.74. The van der Waals surface area contributed by atoms with Gasteiger partial charge in [-0.2, -0.15) is 0 Å². The Balaban J connectivity index is 1.57. The standard InChI is InChI=1S/C20H23N5O/c1-4-18-23-24-19-8-6-15(11-25(18)19)22-20(26)16-10-14-9-12(2)5-7-17(14)21-13(16)3/h5,7,9-10,15H,4,6,8,11H2,1-3H3,(H,22,26)/t15-/m1/s1. The number of nitrogens with zero attached hydrogens (tertiary/aromatic N) is 4. The number of aromatic nitrogens is 4. The first-order valence-corrected chi connectivity index (χ1v) is 9.15. The molecular formula is C20H23N5O. The molecule has 0 saturated carbocycles. The molecule has 1 N–H and O–H groups in total. The summed E-state index contributed by atoms with van der Waals surface area (Å²) in [5, 5.41) is 12.7. The fourth-order valence-corrected chi connectivity index (χ4v) is 3.65. The van der Waals surface area contributed by atoms with Gasteiger partial charge in [0.15, 0.2) is 0 Å². The van der Waals surface area contributed by atoms with E-state index in [-0.39, 0.29) is 11.9 Å². The van der Waals surface area contributed by atoms with E-state index in [2.05, 4.69) is 38.1 Å². The largest absolute Gasteiger partial charge is 0.347 e. The highest BCUT2D eigenvalue weighted by atomic mass is 16.1. The average Bonchev–Trinajstić information content (AvgIpc) is 3.03. The molecule has 4 rings (SSSR count). The molecule has 3 heterocycles. The van der Waals surface area contributed by atoms with Crippen molar-refractivity contribution < 1.29 is 4.79 Å². The number of nitrogens with one attached hydrogen (secondary N) is 1. The van der Waals surface area contributed by atoms with Crippen molar-refractivity contribution in [3.8, 4) is 0 Å². The summed E-state index contributed by atoms with van der Waals surface area (Å²) in [5.74, 6) is 1.95. The molecule has 1 aromatic carbocycles. The molecule has 1 amide bonds. The summed E-state index contributed by atoms with van der Waals surface area (Å²) in [4.78, 5) is 17.5. The van der Waals surface area contributed by atoms with E-state index in [1.54, 1.807) is 0 Å². The van der Waals surface area contributed by atoms with E-state index in [1.165, 1.54) is 0 Å². The number of hydrogen-bond donors (Lipinski definition) is 1. The van der Waals surface area contributed by atoms with Gasteiger partial charge in [0, 0.05) is 30.8 Å². The summed E-state index contributed by atoms with van der Waals surface area (Å²) in [7, 11) is 0. The van der Waals surface area contributed by atoms with Crippen LogP contribution in [0.2, 0.25) is 0 Å². The molecule has 2 aromatic heterocycles. The van der Waals surface area contributed by atoms with Crippen molar-refractivity contribution in [3.63, 3.8) is 0 Å². The van der Waals surface area contributed by atoms with Gasteiger partial charge < -0.3 is 9.88 Å². The van der Waals surface area contributed by atoms with Crippen molar-refractivity contribution in [2.45, 2.75) is 52.6 Å². The van der Waals surface area contributed by atoms with Gasteiger partial charge in [-0.15, -0.1) is 10.2 Å². The topological polar surface area (TPSA) is 72.7 Å². The summed E-state index contributed by atoms with van der Waals surface area (Å²) in [5.41, 5.74) is 3.49. The van der Waals surface area contributed by atoms with E-state index in [4.69, 9.17) is 0 Å². The van der Waals surface area contributed by atoms with E-state index < -0.39 is 0 Å². The summed E-state index contributed by atoms with van der Waals surface area (Å²) in [6, 6.07) is 8.14. The molecular weight excluding hydrogens is 326 g/mol. The molecule has 0 unspecified atom stereocenters. The van der Waals surface area contributed by atoms with E-state index in [9.17, 15) is 4.79 Å². The lowest BCUT2D eigenvalue weighted by Gasteiger charge is -2.25. The monoisotopic (exact) mass is 349 g/mol. The van der Waals surface area contributed by atoms with Crippen LogP contribution in [0.25, 0.3) is 10.9 Å². The SMILES string of the molecule is CCc1nnc2n1C[C@H](NC(=O)c1cc3cc(C)ccc3nc1C)CC2. The van der Waals surface area contributed by atoms with E-state index >= 15 is 0 Å². The molecule has 1 atom stereocenters. The van der Waals surface area contributed by atoms with Crippen LogP contribution in [0.4, 0.5) is 0 Å². The fourth-order valence-electron chi connectivity index (χ4n) is 3.65.